The van der Waals surface area contributed by atoms with Crippen LogP contribution in [0.1, 0.15) is 44.1 Å². The van der Waals surface area contributed by atoms with Crippen molar-refractivity contribution in [1.82, 2.24) is 0 Å². The molecule has 2 atom stereocenters. The van der Waals surface area contributed by atoms with E-state index in [1.54, 1.807) is 0 Å². The monoisotopic (exact) mass is 347 g/mol. The number of hydrogen-bond donors (Lipinski definition) is 1. The van der Waals surface area contributed by atoms with Gasteiger partial charge in [-0.2, -0.15) is 0 Å². The Morgan fingerprint density at radius 2 is 1.79 bits per heavy atom. The largest absolute Gasteiger partial charge is 0.393 e. The molecule has 0 radical (unpaired) electrons. The average Bonchev–Trinajstić information content (AvgIpc) is 2.54. The summed E-state index contributed by atoms with van der Waals surface area (Å²) in [6.45, 7) is 0. The van der Waals surface area contributed by atoms with Crippen LogP contribution in [-0.4, -0.2) is 11.4 Å². The molecule has 1 aromatic carbocycles. The van der Waals surface area contributed by atoms with Crippen molar-refractivity contribution in [1.29, 1.82) is 0 Å². The Labute approximate surface area is 147 Å². The van der Waals surface area contributed by atoms with Gasteiger partial charge in [-0.3, -0.25) is 0 Å². The van der Waals surface area contributed by atoms with Crippen LogP contribution in [0, 0.1) is 17.3 Å². The van der Waals surface area contributed by atoms with Gasteiger partial charge in [0.15, 0.2) is 0 Å². The number of rotatable bonds is 4. The normalized spacial score (nSPS) is 37.0. The van der Waals surface area contributed by atoms with E-state index in [-0.39, 0.29) is 17.3 Å². The van der Waals surface area contributed by atoms with E-state index in [1.807, 2.05) is 12.1 Å². The molecule has 24 heavy (non-hydrogen) atoms. The first kappa shape index (κ1) is 16.2. The van der Waals surface area contributed by atoms with Crippen molar-refractivity contribution in [2.24, 2.45) is 23.0 Å². The summed E-state index contributed by atoms with van der Waals surface area (Å²) in [4.78, 5) is 0.630. The molecule has 4 bridgehead atoms. The lowest BCUT2D eigenvalue weighted by molar-refractivity contribution is 0.00660. The summed E-state index contributed by atoms with van der Waals surface area (Å²) in [5, 5.41) is 0. The Kier molecular flexibility index (Phi) is 3.79. The Morgan fingerprint density at radius 1 is 1.17 bits per heavy atom. The van der Waals surface area contributed by atoms with E-state index in [0.717, 1.165) is 32.1 Å². The van der Waals surface area contributed by atoms with Crippen LogP contribution in [0.5, 0.6) is 0 Å². The van der Waals surface area contributed by atoms with Crippen molar-refractivity contribution in [3.63, 3.8) is 0 Å². The third kappa shape index (κ3) is 2.42. The fraction of sp³-hybridized carbons (Fsp3) is 0.550. The van der Waals surface area contributed by atoms with Crippen LogP contribution in [0.3, 0.4) is 0 Å². The molecule has 4 aliphatic carbocycles. The van der Waals surface area contributed by atoms with E-state index in [4.69, 9.17) is 18.0 Å². The number of benzene rings is 1. The lowest BCUT2D eigenvalue weighted by Gasteiger charge is -2.63. The van der Waals surface area contributed by atoms with Crippen molar-refractivity contribution in [3.05, 3.63) is 47.5 Å². The lowest BCUT2D eigenvalue weighted by atomic mass is 9.41. The number of alkyl halides is 2. The minimum Gasteiger partial charge on any atom is -0.393 e. The standard InChI is InChI=1S/C20H23F2NS/c21-17(22)7-6-16-13-8-19(15-4-2-1-3-5-15)9-14(16)11-20(10-13,12-19)18(23)24/h1-6,13-14,17H,7-12H2,(H2,23,24). The molecule has 5 rings (SSSR count). The summed E-state index contributed by atoms with van der Waals surface area (Å²) >= 11 is 5.47. The highest BCUT2D eigenvalue weighted by Gasteiger charge is 2.60. The van der Waals surface area contributed by atoms with Crippen LogP contribution in [0.15, 0.2) is 42.0 Å². The average molecular weight is 347 g/mol. The van der Waals surface area contributed by atoms with Crippen LogP contribution in [0.4, 0.5) is 8.78 Å². The first-order valence-corrected chi connectivity index (χ1v) is 9.19. The van der Waals surface area contributed by atoms with Gasteiger partial charge < -0.3 is 5.73 Å². The summed E-state index contributed by atoms with van der Waals surface area (Å²) < 4.78 is 25.4. The molecule has 0 heterocycles. The van der Waals surface area contributed by atoms with Gasteiger partial charge in [-0.15, -0.1) is 0 Å². The SMILES string of the molecule is NC(=S)C12CC3CC(c4ccccc4)(CC(C1)C3=CCC(F)F)C2. The molecule has 2 N–H and O–H groups in total. The molecule has 0 amide bonds. The van der Waals surface area contributed by atoms with Gasteiger partial charge in [0.2, 0.25) is 6.43 Å². The third-order valence-electron chi connectivity index (χ3n) is 6.61. The van der Waals surface area contributed by atoms with E-state index in [0.29, 0.717) is 16.8 Å². The molecular weight excluding hydrogens is 324 g/mol. The summed E-state index contributed by atoms with van der Waals surface area (Å²) in [6.07, 6.45) is 4.45. The van der Waals surface area contributed by atoms with Crippen LogP contribution in [0.2, 0.25) is 0 Å². The highest BCUT2D eigenvalue weighted by molar-refractivity contribution is 7.80. The minimum atomic E-state index is -2.26. The topological polar surface area (TPSA) is 26.0 Å². The molecule has 4 fully saturated rings. The molecule has 2 unspecified atom stereocenters. The predicted molar refractivity (Wildman–Crippen MR) is 96.1 cm³/mol. The zero-order chi connectivity index (χ0) is 16.9. The summed E-state index contributed by atoms with van der Waals surface area (Å²) in [5.74, 6) is 0.707. The maximum absolute atomic E-state index is 12.7. The second-order valence-corrected chi connectivity index (χ2v) is 8.45. The van der Waals surface area contributed by atoms with E-state index in [9.17, 15) is 8.78 Å². The summed E-state index contributed by atoms with van der Waals surface area (Å²) in [7, 11) is 0. The molecule has 1 aromatic rings. The summed E-state index contributed by atoms with van der Waals surface area (Å²) in [6, 6.07) is 10.6. The van der Waals surface area contributed by atoms with E-state index < -0.39 is 6.43 Å². The van der Waals surface area contributed by atoms with Crippen molar-refractivity contribution in [2.45, 2.75) is 50.4 Å². The molecule has 0 aliphatic heterocycles. The first-order valence-electron chi connectivity index (χ1n) is 8.78. The second kappa shape index (κ2) is 5.62. The molecule has 0 saturated heterocycles. The fourth-order valence-electron chi connectivity index (χ4n) is 5.92. The van der Waals surface area contributed by atoms with E-state index >= 15 is 0 Å². The van der Waals surface area contributed by atoms with Crippen LogP contribution in [-0.2, 0) is 5.41 Å². The molecule has 4 heteroatoms. The zero-order valence-electron chi connectivity index (χ0n) is 13.7. The van der Waals surface area contributed by atoms with Crippen molar-refractivity contribution in [3.8, 4) is 0 Å². The van der Waals surface area contributed by atoms with E-state index in [2.05, 4.69) is 24.3 Å². The third-order valence-corrected chi connectivity index (χ3v) is 7.04. The fourth-order valence-corrected chi connectivity index (χ4v) is 6.15. The van der Waals surface area contributed by atoms with Crippen LogP contribution in [0.25, 0.3) is 0 Å². The smallest absolute Gasteiger partial charge is 0.242 e. The van der Waals surface area contributed by atoms with Crippen molar-refractivity contribution in [2.75, 3.05) is 0 Å². The van der Waals surface area contributed by atoms with Crippen LogP contribution < -0.4 is 5.73 Å². The molecular formula is C20H23F2NS. The van der Waals surface area contributed by atoms with Crippen molar-refractivity contribution >= 4 is 17.2 Å². The maximum Gasteiger partial charge on any atom is 0.242 e. The molecule has 4 aliphatic rings. The van der Waals surface area contributed by atoms with Gasteiger partial charge in [0, 0.05) is 11.8 Å². The van der Waals surface area contributed by atoms with Crippen molar-refractivity contribution < 1.29 is 8.78 Å². The highest BCUT2D eigenvalue weighted by Crippen LogP contribution is 2.67. The van der Waals surface area contributed by atoms with Gasteiger partial charge in [-0.05, 0) is 54.9 Å². The number of halogens is 2. The van der Waals surface area contributed by atoms with Gasteiger partial charge >= 0.3 is 0 Å². The lowest BCUT2D eigenvalue weighted by Crippen LogP contribution is -2.58. The number of hydrogen-bond acceptors (Lipinski definition) is 1. The molecule has 4 saturated carbocycles. The quantitative estimate of drug-likeness (QED) is 0.612. The van der Waals surface area contributed by atoms with Gasteiger partial charge in [-0.25, -0.2) is 8.78 Å². The van der Waals surface area contributed by atoms with Gasteiger partial charge in [0.05, 0.1) is 4.99 Å². The molecule has 0 spiro atoms. The van der Waals surface area contributed by atoms with Gasteiger partial charge in [0.1, 0.15) is 0 Å². The number of thiocarbonyl (C=S) groups is 1. The Morgan fingerprint density at radius 3 is 2.33 bits per heavy atom. The van der Waals surface area contributed by atoms with Crippen LogP contribution >= 0.6 is 12.2 Å². The van der Waals surface area contributed by atoms with Gasteiger partial charge in [0.25, 0.3) is 0 Å². The zero-order valence-corrected chi connectivity index (χ0v) is 14.5. The minimum absolute atomic E-state index is 0.0841. The predicted octanol–water partition coefficient (Wildman–Crippen LogP) is 5.00. The summed E-state index contributed by atoms with van der Waals surface area (Å²) in [5.41, 5.74) is 8.84. The Hall–Kier alpha value is -1.29. The van der Waals surface area contributed by atoms with Gasteiger partial charge in [-0.1, -0.05) is 54.2 Å². The Bertz CT molecular complexity index is 664. The molecule has 1 nitrogen and oxygen atoms in total. The number of nitrogens with two attached hydrogens (primary N) is 1. The molecule has 128 valence electrons. The molecule has 0 aromatic heterocycles. The maximum atomic E-state index is 12.7. The first-order chi connectivity index (χ1) is 11.4. The Balaban J connectivity index is 1.75. The number of allylic oxidation sites excluding steroid dienone is 2. The second-order valence-electron chi connectivity index (χ2n) is 8.01. The highest BCUT2D eigenvalue weighted by atomic mass is 32.1. The van der Waals surface area contributed by atoms with E-state index in [1.165, 1.54) is 11.1 Å².